The maximum absolute atomic E-state index is 3.66. The molecule has 1 atom stereocenters. The minimum Gasteiger partial charge on any atom is -0.311 e. The fourth-order valence-corrected chi connectivity index (χ4v) is 4.53. The molecule has 1 saturated heterocycles. The van der Waals surface area contributed by atoms with Crippen molar-refractivity contribution in [2.24, 2.45) is 0 Å². The summed E-state index contributed by atoms with van der Waals surface area (Å²) in [5, 5.41) is 3.66. The van der Waals surface area contributed by atoms with Crippen molar-refractivity contribution in [3.63, 3.8) is 0 Å². The predicted molar refractivity (Wildman–Crippen MR) is 85.0 cm³/mol. The van der Waals surface area contributed by atoms with Crippen molar-refractivity contribution in [2.75, 3.05) is 20.1 Å². The van der Waals surface area contributed by atoms with E-state index in [9.17, 15) is 0 Å². The minimum atomic E-state index is 0.360. The van der Waals surface area contributed by atoms with Crippen LogP contribution < -0.4 is 5.32 Å². The Bertz CT molecular complexity index is 442. The second-order valence-electron chi connectivity index (χ2n) is 6.64. The summed E-state index contributed by atoms with van der Waals surface area (Å²) < 4.78 is 0. The normalized spacial score (nSPS) is 24.1. The Morgan fingerprint density at radius 2 is 1.80 bits per heavy atom. The van der Waals surface area contributed by atoms with Crippen molar-refractivity contribution in [2.45, 2.75) is 57.0 Å². The summed E-state index contributed by atoms with van der Waals surface area (Å²) in [6.07, 6.45) is 8.25. The molecule has 0 spiro atoms. The van der Waals surface area contributed by atoms with Gasteiger partial charge in [0.15, 0.2) is 0 Å². The molecule has 0 aromatic heterocycles. The molecule has 1 aliphatic carbocycles. The van der Waals surface area contributed by atoms with Gasteiger partial charge in [0.1, 0.15) is 0 Å². The number of aryl methyl sites for hydroxylation is 1. The Hall–Kier alpha value is -0.860. The molecule has 0 radical (unpaired) electrons. The first kappa shape index (κ1) is 14.1. The van der Waals surface area contributed by atoms with Crippen LogP contribution in [0.2, 0.25) is 0 Å². The second kappa shape index (κ2) is 5.87. The van der Waals surface area contributed by atoms with Crippen molar-refractivity contribution >= 4 is 0 Å². The van der Waals surface area contributed by atoms with E-state index in [4.69, 9.17) is 0 Å². The van der Waals surface area contributed by atoms with E-state index < -0.39 is 0 Å². The number of nitrogens with zero attached hydrogens (tertiary/aromatic N) is 1. The lowest BCUT2D eigenvalue weighted by Gasteiger charge is -2.45. The van der Waals surface area contributed by atoms with Gasteiger partial charge in [-0.1, -0.05) is 42.7 Å². The molecule has 1 heterocycles. The highest BCUT2D eigenvalue weighted by molar-refractivity contribution is 5.29. The zero-order valence-electron chi connectivity index (χ0n) is 13.0. The highest BCUT2D eigenvalue weighted by Gasteiger charge is 2.46. The van der Waals surface area contributed by atoms with Crippen LogP contribution in [0.5, 0.6) is 0 Å². The molecule has 1 N–H and O–H groups in total. The molecule has 2 aliphatic rings. The molecule has 1 unspecified atom stereocenters. The Balaban J connectivity index is 1.95. The van der Waals surface area contributed by atoms with Crippen LogP contribution in [0, 0.1) is 6.92 Å². The van der Waals surface area contributed by atoms with E-state index in [0.717, 1.165) is 0 Å². The largest absolute Gasteiger partial charge is 0.311 e. The van der Waals surface area contributed by atoms with Gasteiger partial charge in [0.2, 0.25) is 0 Å². The van der Waals surface area contributed by atoms with Crippen LogP contribution in [0.25, 0.3) is 0 Å². The average molecular weight is 272 g/mol. The topological polar surface area (TPSA) is 15.3 Å². The van der Waals surface area contributed by atoms with Gasteiger partial charge in [-0.25, -0.2) is 0 Å². The maximum atomic E-state index is 3.66. The quantitative estimate of drug-likeness (QED) is 0.900. The third kappa shape index (κ3) is 2.40. The third-order valence-electron chi connectivity index (χ3n) is 5.41. The molecule has 2 heteroatoms. The zero-order chi connectivity index (χ0) is 14.0. The maximum Gasteiger partial charge on any atom is 0.0504 e. The van der Waals surface area contributed by atoms with Gasteiger partial charge in [-0.05, 0) is 58.3 Å². The second-order valence-corrected chi connectivity index (χ2v) is 6.64. The predicted octanol–water partition coefficient (Wildman–Crippen LogP) is 3.66. The number of likely N-dealkylation sites (tertiary alicyclic amines) is 1. The number of hydrogen-bond acceptors (Lipinski definition) is 2. The zero-order valence-corrected chi connectivity index (χ0v) is 13.0. The lowest BCUT2D eigenvalue weighted by atomic mass is 9.81. The summed E-state index contributed by atoms with van der Waals surface area (Å²) in [6, 6.07) is 9.57. The SMILES string of the molecule is CNC(c1cccc(C)c1)C1(N2CCCC2)CCCC1. The Morgan fingerprint density at radius 3 is 2.40 bits per heavy atom. The summed E-state index contributed by atoms with van der Waals surface area (Å²) in [7, 11) is 2.14. The van der Waals surface area contributed by atoms with E-state index in [2.05, 4.69) is 48.5 Å². The van der Waals surface area contributed by atoms with Gasteiger partial charge >= 0.3 is 0 Å². The van der Waals surface area contributed by atoms with E-state index in [-0.39, 0.29) is 0 Å². The molecule has 2 fully saturated rings. The molecule has 1 aromatic carbocycles. The average Bonchev–Trinajstić information content (AvgIpc) is 3.11. The number of likely N-dealkylation sites (N-methyl/N-ethyl adjacent to an activating group) is 1. The summed E-state index contributed by atoms with van der Waals surface area (Å²) in [5.41, 5.74) is 3.21. The van der Waals surface area contributed by atoms with Gasteiger partial charge in [0.25, 0.3) is 0 Å². The first-order valence-corrected chi connectivity index (χ1v) is 8.25. The number of rotatable bonds is 4. The minimum absolute atomic E-state index is 0.360. The van der Waals surface area contributed by atoms with Crippen LogP contribution in [-0.4, -0.2) is 30.6 Å². The van der Waals surface area contributed by atoms with Gasteiger partial charge < -0.3 is 5.32 Å². The molecule has 1 aromatic rings. The smallest absolute Gasteiger partial charge is 0.0504 e. The summed E-state index contributed by atoms with van der Waals surface area (Å²) in [4.78, 5) is 2.80. The van der Waals surface area contributed by atoms with E-state index in [1.54, 1.807) is 0 Å². The Kier molecular flexibility index (Phi) is 4.13. The molecule has 20 heavy (non-hydrogen) atoms. The lowest BCUT2D eigenvalue weighted by Crippen LogP contribution is -2.53. The third-order valence-corrected chi connectivity index (χ3v) is 5.41. The van der Waals surface area contributed by atoms with Crippen molar-refractivity contribution in [3.8, 4) is 0 Å². The Labute approximate surface area is 123 Å². The molecule has 2 nitrogen and oxygen atoms in total. The number of hydrogen-bond donors (Lipinski definition) is 1. The van der Waals surface area contributed by atoms with Crippen molar-refractivity contribution in [1.82, 2.24) is 10.2 Å². The molecule has 0 bridgehead atoms. The number of benzene rings is 1. The van der Waals surface area contributed by atoms with Crippen molar-refractivity contribution < 1.29 is 0 Å². The van der Waals surface area contributed by atoms with Crippen LogP contribution in [-0.2, 0) is 0 Å². The molecular formula is C18H28N2. The van der Waals surface area contributed by atoms with Gasteiger partial charge in [-0.2, -0.15) is 0 Å². The van der Waals surface area contributed by atoms with Crippen LogP contribution in [0.15, 0.2) is 24.3 Å². The Morgan fingerprint density at radius 1 is 1.10 bits per heavy atom. The molecule has 3 rings (SSSR count). The lowest BCUT2D eigenvalue weighted by molar-refractivity contribution is 0.0796. The molecular weight excluding hydrogens is 244 g/mol. The van der Waals surface area contributed by atoms with E-state index in [0.29, 0.717) is 11.6 Å². The van der Waals surface area contributed by atoms with Gasteiger partial charge in [0, 0.05) is 5.54 Å². The van der Waals surface area contributed by atoms with Crippen LogP contribution in [0.1, 0.15) is 55.7 Å². The van der Waals surface area contributed by atoms with Gasteiger partial charge in [-0.3, -0.25) is 4.90 Å². The molecule has 0 amide bonds. The monoisotopic (exact) mass is 272 g/mol. The highest BCUT2D eigenvalue weighted by Crippen LogP contribution is 2.45. The molecule has 110 valence electrons. The fraction of sp³-hybridized carbons (Fsp3) is 0.667. The summed E-state index contributed by atoms with van der Waals surface area (Å²) >= 11 is 0. The van der Waals surface area contributed by atoms with E-state index >= 15 is 0 Å². The summed E-state index contributed by atoms with van der Waals surface area (Å²) in [6.45, 7) is 4.79. The molecule has 1 saturated carbocycles. The van der Waals surface area contributed by atoms with Crippen molar-refractivity contribution in [1.29, 1.82) is 0 Å². The van der Waals surface area contributed by atoms with Crippen LogP contribution >= 0.6 is 0 Å². The molecule has 1 aliphatic heterocycles. The van der Waals surface area contributed by atoms with Crippen molar-refractivity contribution in [3.05, 3.63) is 35.4 Å². The first-order valence-electron chi connectivity index (χ1n) is 8.25. The van der Waals surface area contributed by atoms with Gasteiger partial charge in [0.05, 0.1) is 6.04 Å². The van der Waals surface area contributed by atoms with E-state index in [1.807, 2.05) is 0 Å². The highest BCUT2D eigenvalue weighted by atomic mass is 15.2. The number of nitrogens with one attached hydrogen (secondary N) is 1. The van der Waals surface area contributed by atoms with Crippen LogP contribution in [0.4, 0.5) is 0 Å². The first-order chi connectivity index (χ1) is 9.76. The summed E-state index contributed by atoms with van der Waals surface area (Å²) in [5.74, 6) is 0. The van der Waals surface area contributed by atoms with E-state index in [1.165, 1.54) is 62.7 Å². The van der Waals surface area contributed by atoms with Gasteiger partial charge in [-0.15, -0.1) is 0 Å². The standard InChI is InChI=1S/C18H28N2/c1-15-8-7-9-16(14-15)17(19-2)18(10-3-4-11-18)20-12-5-6-13-20/h7-9,14,17,19H,3-6,10-13H2,1-2H3. The fourth-order valence-electron chi connectivity index (χ4n) is 4.53. The van der Waals surface area contributed by atoms with Crippen LogP contribution in [0.3, 0.4) is 0 Å².